The number of carbonyl (C=O) groups is 3. The van der Waals surface area contributed by atoms with Gasteiger partial charge >= 0.3 is 0 Å². The number of morpholine rings is 1. The van der Waals surface area contributed by atoms with Crippen LogP contribution in [-0.4, -0.2) is 150 Å². The Bertz CT molecular complexity index is 4450. The molecule has 9 aromatic rings. The Morgan fingerprint density at radius 2 is 0.827 bits per heavy atom. The van der Waals surface area contributed by atoms with Gasteiger partial charge in [0.2, 0.25) is 0 Å². The van der Waals surface area contributed by atoms with Crippen molar-refractivity contribution in [2.24, 2.45) is 5.92 Å². The minimum Gasteiger partial charge on any atom is -0.488 e. The molecule has 0 spiro atoms. The molecule has 504 valence electrons. The zero-order chi connectivity index (χ0) is 67.6. The van der Waals surface area contributed by atoms with Crippen molar-refractivity contribution < 1.29 is 51.5 Å². The van der Waals surface area contributed by atoms with Gasteiger partial charge in [-0.2, -0.15) is 11.8 Å². The van der Waals surface area contributed by atoms with E-state index in [0.717, 1.165) is 187 Å². The first-order chi connectivity index (χ1) is 47.6. The minimum absolute atomic E-state index is 0.114. The van der Waals surface area contributed by atoms with Gasteiger partial charge < -0.3 is 53.1 Å². The minimum atomic E-state index is -0.126. The number of ether oxygens (including phenoxy) is 5. The Morgan fingerprint density at radius 1 is 0.449 bits per heavy atom. The van der Waals surface area contributed by atoms with Gasteiger partial charge in [-0.25, -0.2) is 0 Å². The molecule has 0 radical (unpaired) electrons. The largest absolute Gasteiger partial charge is 0.488 e. The molecule has 15 rings (SSSR count). The second-order valence-corrected chi connectivity index (χ2v) is 29.6. The summed E-state index contributed by atoms with van der Waals surface area (Å²) in [4.78, 5) is 38.8. The SMILES string of the molecule is C[N+](C)(Cc1ccc(NC(=O)C2=Cc3c(ccc4ccccc34)OC2)cc1)C1CCSCC1.C[N+](C)(Cc1ccc(NC(=O)C2=Cc3c(ccc4ccccc34)OC2)cc1)CC1CCOCC1.C[N+]1(Cc2ccc(NC(=O)C3=Cc4c(ccc5ccccc45)OC3)cc2)CCOCC1. The number of hydrogen-bond donors (Lipinski definition) is 3. The maximum absolute atomic E-state index is 13.0. The van der Waals surface area contributed by atoms with Gasteiger partial charge in [-0.3, -0.25) is 14.4 Å². The Morgan fingerprint density at radius 3 is 1.24 bits per heavy atom. The van der Waals surface area contributed by atoms with Gasteiger partial charge in [0.1, 0.15) is 69.8 Å². The molecule has 3 amide bonds. The van der Waals surface area contributed by atoms with Crippen molar-refractivity contribution in [3.05, 3.63) is 232 Å². The average Bonchev–Trinajstić information content (AvgIpc) is 0.796. The van der Waals surface area contributed by atoms with Crippen LogP contribution in [0.2, 0.25) is 0 Å². The highest BCUT2D eigenvalue weighted by Gasteiger charge is 2.32. The van der Waals surface area contributed by atoms with Crippen LogP contribution in [0.4, 0.5) is 17.1 Å². The van der Waals surface area contributed by atoms with Gasteiger partial charge in [-0.05, 0) is 129 Å². The number of amides is 3. The average molecular weight is 1330 g/mol. The lowest BCUT2D eigenvalue weighted by Gasteiger charge is -2.40. The van der Waals surface area contributed by atoms with E-state index in [4.69, 9.17) is 23.7 Å². The molecule has 0 atom stereocenters. The number of anilines is 3. The maximum Gasteiger partial charge on any atom is 0.255 e. The molecular weight excluding hydrogens is 1240 g/mol. The topological polar surface area (TPSA) is 133 Å². The lowest BCUT2D eigenvalue weighted by atomic mass is 9.98. The molecule has 3 fully saturated rings. The molecule has 98 heavy (non-hydrogen) atoms. The van der Waals surface area contributed by atoms with E-state index < -0.39 is 0 Å². The predicted octanol–water partition coefficient (Wildman–Crippen LogP) is 15.2. The highest BCUT2D eigenvalue weighted by molar-refractivity contribution is 7.99. The first-order valence-corrected chi connectivity index (χ1v) is 35.7. The van der Waals surface area contributed by atoms with Crippen molar-refractivity contribution in [1.29, 1.82) is 0 Å². The standard InChI is InChI=1S/C29H32N2O3.C28H30N2O2S.C26H26N2O3/c1-31(2,19-22-13-15-33-16-14-22)18-21-7-10-25(11-8-21)30-29(32)24-17-27-26-6-4-3-5-23(26)9-12-28(27)34-20-24;1-30(2,24-13-15-33-16-14-24)18-20-7-10-23(11-8-20)29-28(31)22-17-26-25-6-4-3-5-21(25)9-12-27(26)32-19-22;1-28(12-14-30-15-13-28)17-19-6-9-22(10-7-19)27-26(29)21-16-24-23-5-3-2-4-20(23)8-11-25(24)31-18-21/h3-12,17,22H,13-16,18-20H2,1-2H3;3-12,17,24H,13-16,18-19H2,1-2H3;2-11,16H,12-15,17-18H2,1H3/p+3. The van der Waals surface area contributed by atoms with Crippen LogP contribution in [0.3, 0.4) is 0 Å². The quantitative estimate of drug-likeness (QED) is 0.0858. The Kier molecular flexibility index (Phi) is 20.9. The number of fused-ring (bicyclic) bond motifs is 9. The number of hydrogen-bond acceptors (Lipinski definition) is 9. The molecule has 0 aliphatic carbocycles. The van der Waals surface area contributed by atoms with Gasteiger partial charge in [0.05, 0.1) is 77.8 Å². The molecule has 0 saturated carbocycles. The second kappa shape index (κ2) is 30.4. The fourth-order valence-corrected chi connectivity index (χ4v) is 15.5. The fraction of sp³-hybridized carbons (Fsp3) is 0.313. The maximum atomic E-state index is 13.0. The van der Waals surface area contributed by atoms with Crippen LogP contribution in [0.25, 0.3) is 50.5 Å². The number of nitrogens with zero attached hydrogens (tertiary/aromatic N) is 3. The van der Waals surface area contributed by atoms with Crippen LogP contribution >= 0.6 is 11.8 Å². The molecule has 3 saturated heterocycles. The summed E-state index contributed by atoms with van der Waals surface area (Å²) in [5.41, 5.74) is 11.0. The molecule has 0 bridgehead atoms. The number of thioether (sulfide) groups is 1. The van der Waals surface area contributed by atoms with E-state index in [9.17, 15) is 14.4 Å². The number of carbonyl (C=O) groups excluding carboxylic acids is 3. The zero-order valence-electron chi connectivity index (χ0n) is 57.2. The summed E-state index contributed by atoms with van der Waals surface area (Å²) in [5, 5.41) is 15.8. The third kappa shape index (κ3) is 16.7. The Labute approximate surface area is 580 Å². The molecule has 0 unspecified atom stereocenters. The molecule has 3 N–H and O–H groups in total. The molecule has 6 aliphatic rings. The fourth-order valence-electron chi connectivity index (χ4n) is 14.4. The summed E-state index contributed by atoms with van der Waals surface area (Å²) in [6.07, 6.45) is 10.8. The highest BCUT2D eigenvalue weighted by atomic mass is 32.2. The van der Waals surface area contributed by atoms with Crippen LogP contribution < -0.4 is 30.2 Å². The summed E-state index contributed by atoms with van der Waals surface area (Å²) in [6, 6.07) is 62.0. The number of likely N-dealkylation sites (N-methyl/N-ethyl adjacent to an activating group) is 1. The molecule has 6 heterocycles. The molecule has 14 nitrogen and oxygen atoms in total. The van der Waals surface area contributed by atoms with Gasteiger partial charge in [0, 0.05) is 82.4 Å². The first kappa shape index (κ1) is 67.5. The molecule has 15 heteroatoms. The lowest BCUT2D eigenvalue weighted by molar-refractivity contribution is -0.929. The number of benzene rings is 9. The Hall–Kier alpha value is -9.06. The summed E-state index contributed by atoms with van der Waals surface area (Å²) in [7, 11) is 11.5. The van der Waals surface area contributed by atoms with Gasteiger partial charge in [-0.1, -0.05) is 127 Å². The smallest absolute Gasteiger partial charge is 0.255 e. The van der Waals surface area contributed by atoms with Gasteiger partial charge in [0.25, 0.3) is 17.7 Å². The third-order valence-electron chi connectivity index (χ3n) is 20.0. The van der Waals surface area contributed by atoms with E-state index in [0.29, 0.717) is 16.7 Å². The first-order valence-electron chi connectivity index (χ1n) is 34.5. The van der Waals surface area contributed by atoms with Gasteiger partial charge in [0.15, 0.2) is 0 Å². The summed E-state index contributed by atoms with van der Waals surface area (Å²) < 4.78 is 31.6. The van der Waals surface area contributed by atoms with Crippen molar-refractivity contribution in [1.82, 2.24) is 0 Å². The molecule has 9 aromatic carbocycles. The summed E-state index contributed by atoms with van der Waals surface area (Å²) >= 11 is 2.07. The summed E-state index contributed by atoms with van der Waals surface area (Å²) in [6.45, 7) is 10.4. The van der Waals surface area contributed by atoms with Crippen molar-refractivity contribution in [2.75, 3.05) is 129 Å². The van der Waals surface area contributed by atoms with Crippen LogP contribution in [0, 0.1) is 5.92 Å². The van der Waals surface area contributed by atoms with E-state index in [1.54, 1.807) is 0 Å². The van der Waals surface area contributed by atoms with Crippen LogP contribution in [0.15, 0.2) is 199 Å². The van der Waals surface area contributed by atoms with Crippen molar-refractivity contribution in [3.63, 3.8) is 0 Å². The monoisotopic (exact) mass is 1330 g/mol. The molecule has 0 aromatic heterocycles. The van der Waals surface area contributed by atoms with E-state index in [-0.39, 0.29) is 37.5 Å². The van der Waals surface area contributed by atoms with E-state index in [1.807, 2.05) is 115 Å². The number of rotatable bonds is 15. The normalized spacial score (nSPS) is 16.8. The zero-order valence-corrected chi connectivity index (χ0v) is 58.0. The van der Waals surface area contributed by atoms with Crippen molar-refractivity contribution in [2.45, 2.75) is 51.4 Å². The van der Waals surface area contributed by atoms with Gasteiger partial charge in [-0.15, -0.1) is 0 Å². The second-order valence-electron chi connectivity index (χ2n) is 28.4. The number of nitrogens with one attached hydrogen (secondary N) is 3. The van der Waals surface area contributed by atoms with Crippen LogP contribution in [-0.2, 0) is 43.5 Å². The third-order valence-corrected chi connectivity index (χ3v) is 21.0. The Balaban J connectivity index is 0.000000132. The lowest BCUT2D eigenvalue weighted by Crippen LogP contribution is -2.51. The van der Waals surface area contributed by atoms with Crippen LogP contribution in [0.5, 0.6) is 17.2 Å². The highest BCUT2D eigenvalue weighted by Crippen LogP contribution is 2.37. The number of quaternary nitrogens is 3. The predicted molar refractivity (Wildman–Crippen MR) is 398 cm³/mol. The molecule has 6 aliphatic heterocycles. The van der Waals surface area contributed by atoms with E-state index in [2.05, 4.69) is 148 Å². The summed E-state index contributed by atoms with van der Waals surface area (Å²) in [5.74, 6) is 5.38. The molecular formula is C83H91N6O8S+3. The van der Waals surface area contributed by atoms with Crippen molar-refractivity contribution in [3.8, 4) is 17.2 Å². The van der Waals surface area contributed by atoms with Crippen LogP contribution in [0.1, 0.15) is 59.1 Å². The van der Waals surface area contributed by atoms with E-state index in [1.165, 1.54) is 41.0 Å². The van der Waals surface area contributed by atoms with E-state index >= 15 is 0 Å². The van der Waals surface area contributed by atoms with Crippen molar-refractivity contribution >= 4 is 97.1 Å².